The highest BCUT2D eigenvalue weighted by molar-refractivity contribution is 5.88. The molecule has 0 aliphatic carbocycles. The molecule has 2 atom stereocenters. The number of hydrogen-bond acceptors (Lipinski definition) is 6. The molecule has 0 radical (unpaired) electrons. The van der Waals surface area contributed by atoms with Crippen molar-refractivity contribution in [3.8, 4) is 5.75 Å². The molecule has 0 aromatic heterocycles. The number of amides is 1. The number of aliphatic hydroxyl groups excluding tert-OH is 2. The van der Waals surface area contributed by atoms with Crippen LogP contribution in [0.15, 0.2) is 48.5 Å². The molecule has 144 valence electrons. The van der Waals surface area contributed by atoms with Gasteiger partial charge in [-0.25, -0.2) is 9.59 Å². The summed E-state index contributed by atoms with van der Waals surface area (Å²) in [5.41, 5.74) is 0.698. The molecule has 2 aromatic carbocycles. The molecule has 2 rings (SSSR count). The summed E-state index contributed by atoms with van der Waals surface area (Å²) >= 11 is 0. The zero-order valence-electron chi connectivity index (χ0n) is 14.4. The third kappa shape index (κ3) is 5.98. The number of alkyl carbamates (subject to hydrolysis) is 1. The molecule has 0 heterocycles. The molecule has 5 N–H and O–H groups in total. The predicted molar refractivity (Wildman–Crippen MR) is 95.3 cm³/mol. The van der Waals surface area contributed by atoms with E-state index in [1.165, 1.54) is 12.1 Å². The van der Waals surface area contributed by atoms with E-state index in [4.69, 9.17) is 9.84 Å². The summed E-state index contributed by atoms with van der Waals surface area (Å²) in [7, 11) is 0. The minimum Gasteiger partial charge on any atom is -0.508 e. The van der Waals surface area contributed by atoms with Gasteiger partial charge in [0.1, 0.15) is 18.5 Å². The second kappa shape index (κ2) is 9.56. The summed E-state index contributed by atoms with van der Waals surface area (Å²) in [6.45, 7) is 0.154. The Balaban J connectivity index is 1.78. The van der Waals surface area contributed by atoms with Crippen molar-refractivity contribution in [3.05, 3.63) is 65.2 Å². The molecule has 1 amide bonds. The molecule has 0 aliphatic heterocycles. The second-order valence-electron chi connectivity index (χ2n) is 5.87. The number of carbonyl (C=O) groups is 2. The van der Waals surface area contributed by atoms with Crippen LogP contribution >= 0.6 is 0 Å². The van der Waals surface area contributed by atoms with Gasteiger partial charge in [-0.1, -0.05) is 36.4 Å². The van der Waals surface area contributed by atoms with E-state index in [1.807, 2.05) is 30.3 Å². The van der Waals surface area contributed by atoms with Crippen LogP contribution in [0.1, 0.15) is 34.0 Å². The molecule has 0 saturated carbocycles. The van der Waals surface area contributed by atoms with Crippen molar-refractivity contribution >= 4 is 12.1 Å². The Morgan fingerprint density at radius 2 is 1.78 bits per heavy atom. The fourth-order valence-electron chi connectivity index (χ4n) is 2.39. The van der Waals surface area contributed by atoms with Crippen LogP contribution in [0.5, 0.6) is 5.75 Å². The van der Waals surface area contributed by atoms with E-state index < -0.39 is 30.0 Å². The van der Waals surface area contributed by atoms with Gasteiger partial charge >= 0.3 is 12.1 Å². The summed E-state index contributed by atoms with van der Waals surface area (Å²) in [6, 6.07) is 12.6. The number of phenolic OH excluding ortho intramolecular Hbond substituents is 1. The van der Waals surface area contributed by atoms with Gasteiger partial charge in [-0.05, 0) is 24.1 Å². The maximum Gasteiger partial charge on any atom is 0.407 e. The van der Waals surface area contributed by atoms with Crippen LogP contribution in [-0.4, -0.2) is 45.1 Å². The second-order valence-corrected chi connectivity index (χ2v) is 5.87. The van der Waals surface area contributed by atoms with Crippen molar-refractivity contribution in [2.75, 3.05) is 6.54 Å². The average Bonchev–Trinajstić information content (AvgIpc) is 2.66. The quantitative estimate of drug-likeness (QED) is 0.474. The molecule has 0 spiro atoms. The molecular weight excluding hydrogens is 354 g/mol. The van der Waals surface area contributed by atoms with Gasteiger partial charge in [-0.2, -0.15) is 0 Å². The van der Waals surface area contributed by atoms with Crippen molar-refractivity contribution in [2.45, 2.75) is 25.2 Å². The zero-order valence-corrected chi connectivity index (χ0v) is 14.4. The lowest BCUT2D eigenvalue weighted by Gasteiger charge is -2.19. The van der Waals surface area contributed by atoms with Crippen LogP contribution in [0.25, 0.3) is 0 Å². The first-order chi connectivity index (χ1) is 12.9. The van der Waals surface area contributed by atoms with Crippen molar-refractivity contribution < 1.29 is 34.8 Å². The van der Waals surface area contributed by atoms with E-state index in [2.05, 4.69) is 5.32 Å². The number of benzene rings is 2. The molecule has 8 nitrogen and oxygen atoms in total. The van der Waals surface area contributed by atoms with Crippen LogP contribution in [-0.2, 0) is 11.3 Å². The average molecular weight is 375 g/mol. The first-order valence-electron chi connectivity index (χ1n) is 8.25. The number of nitrogens with one attached hydrogen (secondary N) is 1. The van der Waals surface area contributed by atoms with Crippen LogP contribution in [0.3, 0.4) is 0 Å². The van der Waals surface area contributed by atoms with E-state index >= 15 is 0 Å². The Morgan fingerprint density at radius 1 is 1.07 bits per heavy atom. The minimum absolute atomic E-state index is 0.000783. The lowest BCUT2D eigenvalue weighted by atomic mass is 9.99. The SMILES string of the molecule is O=C(NCCC(O)C(O)c1ccc(C(=O)O)cc1O)OCc1ccccc1. The van der Waals surface area contributed by atoms with E-state index in [9.17, 15) is 24.9 Å². The Bertz CT molecular complexity index is 779. The number of carboxylic acids is 1. The summed E-state index contributed by atoms with van der Waals surface area (Å²) in [4.78, 5) is 22.5. The summed E-state index contributed by atoms with van der Waals surface area (Å²) in [5.74, 6) is -1.65. The molecule has 0 fully saturated rings. The lowest BCUT2D eigenvalue weighted by molar-refractivity contribution is 0.0123. The Labute approximate surface area is 155 Å². The lowest BCUT2D eigenvalue weighted by Crippen LogP contribution is -2.29. The van der Waals surface area contributed by atoms with Gasteiger partial charge in [0, 0.05) is 12.1 Å². The third-order valence-electron chi connectivity index (χ3n) is 3.88. The van der Waals surface area contributed by atoms with Crippen LogP contribution in [0, 0.1) is 0 Å². The Kier molecular flexibility index (Phi) is 7.16. The van der Waals surface area contributed by atoms with Crippen molar-refractivity contribution in [3.63, 3.8) is 0 Å². The van der Waals surface area contributed by atoms with Gasteiger partial charge in [0.05, 0.1) is 11.7 Å². The van der Waals surface area contributed by atoms with Crippen LogP contribution < -0.4 is 5.32 Å². The van der Waals surface area contributed by atoms with Gasteiger partial charge < -0.3 is 30.5 Å². The number of carboxylic acid groups (broad SMARTS) is 1. The van der Waals surface area contributed by atoms with Crippen LogP contribution in [0.2, 0.25) is 0 Å². The monoisotopic (exact) mass is 375 g/mol. The zero-order chi connectivity index (χ0) is 19.8. The number of carbonyl (C=O) groups excluding carboxylic acids is 1. The smallest absolute Gasteiger partial charge is 0.407 e. The van der Waals surface area contributed by atoms with Crippen LogP contribution in [0.4, 0.5) is 4.79 Å². The predicted octanol–water partition coefficient (Wildman–Crippen LogP) is 1.80. The molecule has 0 saturated heterocycles. The summed E-state index contributed by atoms with van der Waals surface area (Å²) in [6.07, 6.45) is -3.37. The normalized spacial score (nSPS) is 12.8. The maximum atomic E-state index is 11.6. The number of hydrogen-bond donors (Lipinski definition) is 5. The Morgan fingerprint density at radius 3 is 2.41 bits per heavy atom. The molecule has 0 bridgehead atoms. The number of phenols is 1. The van der Waals surface area contributed by atoms with E-state index in [0.29, 0.717) is 0 Å². The number of aliphatic hydroxyl groups is 2. The minimum atomic E-state index is -1.44. The molecule has 2 unspecified atom stereocenters. The third-order valence-corrected chi connectivity index (χ3v) is 3.88. The first-order valence-corrected chi connectivity index (χ1v) is 8.25. The van der Waals surface area contributed by atoms with E-state index in [-0.39, 0.29) is 30.7 Å². The highest BCUT2D eigenvalue weighted by Crippen LogP contribution is 2.28. The summed E-state index contributed by atoms with van der Waals surface area (Å²) < 4.78 is 5.02. The number of ether oxygens (including phenoxy) is 1. The van der Waals surface area contributed by atoms with E-state index in [1.54, 1.807) is 0 Å². The largest absolute Gasteiger partial charge is 0.508 e. The van der Waals surface area contributed by atoms with Gasteiger partial charge in [0.2, 0.25) is 0 Å². The Hall–Kier alpha value is -3.10. The molecule has 27 heavy (non-hydrogen) atoms. The van der Waals surface area contributed by atoms with Gasteiger partial charge in [0.15, 0.2) is 0 Å². The van der Waals surface area contributed by atoms with Crippen molar-refractivity contribution in [2.24, 2.45) is 0 Å². The standard InChI is InChI=1S/C19H21NO7/c21-15(17(23)14-7-6-13(18(24)25)10-16(14)22)8-9-20-19(26)27-11-12-4-2-1-3-5-12/h1-7,10,15,17,21-23H,8-9,11H2,(H,20,26)(H,24,25). The molecule has 0 aliphatic rings. The van der Waals surface area contributed by atoms with Gasteiger partial charge in [0.25, 0.3) is 0 Å². The fourth-order valence-corrected chi connectivity index (χ4v) is 2.39. The first kappa shape index (κ1) is 20.2. The van der Waals surface area contributed by atoms with E-state index in [0.717, 1.165) is 11.6 Å². The highest BCUT2D eigenvalue weighted by Gasteiger charge is 2.22. The van der Waals surface area contributed by atoms with Gasteiger partial charge in [-0.3, -0.25) is 0 Å². The highest BCUT2D eigenvalue weighted by atomic mass is 16.5. The van der Waals surface area contributed by atoms with Crippen molar-refractivity contribution in [1.29, 1.82) is 0 Å². The molecule has 2 aromatic rings. The van der Waals surface area contributed by atoms with Crippen molar-refractivity contribution in [1.82, 2.24) is 5.32 Å². The molecule has 8 heteroatoms. The number of rotatable bonds is 8. The summed E-state index contributed by atoms with van der Waals surface area (Å²) in [5, 5.41) is 41.3. The number of aromatic carboxylic acids is 1. The maximum absolute atomic E-state index is 11.6. The molecular formula is C19H21NO7. The topological polar surface area (TPSA) is 136 Å². The van der Waals surface area contributed by atoms with Gasteiger partial charge in [-0.15, -0.1) is 0 Å². The number of aromatic hydroxyl groups is 1. The fraction of sp³-hybridized carbons (Fsp3) is 0.263.